The number of rotatable bonds is 5. The monoisotopic (exact) mass is 222 g/mol. The van der Waals surface area contributed by atoms with Crippen molar-refractivity contribution in [1.82, 2.24) is 20.1 Å². The molecule has 0 spiro atoms. The number of hydrogen-bond acceptors (Lipinski definition) is 3. The van der Waals surface area contributed by atoms with Crippen LogP contribution < -0.4 is 5.32 Å². The van der Waals surface area contributed by atoms with E-state index in [1.165, 1.54) is 31.5 Å². The topological polar surface area (TPSA) is 42.7 Å². The zero-order valence-electron chi connectivity index (χ0n) is 10.4. The highest BCUT2D eigenvalue weighted by Gasteiger charge is 2.21. The molecule has 0 atom stereocenters. The Labute approximate surface area is 97.5 Å². The van der Waals surface area contributed by atoms with E-state index in [1.54, 1.807) is 0 Å². The van der Waals surface area contributed by atoms with E-state index < -0.39 is 0 Å². The number of nitrogens with one attached hydrogen (secondary N) is 1. The summed E-state index contributed by atoms with van der Waals surface area (Å²) in [5.41, 5.74) is 0. The van der Waals surface area contributed by atoms with Gasteiger partial charge in [0.2, 0.25) is 0 Å². The van der Waals surface area contributed by atoms with Crippen molar-refractivity contribution in [1.29, 1.82) is 0 Å². The molecule has 1 fully saturated rings. The Bertz CT molecular complexity index is 326. The van der Waals surface area contributed by atoms with Gasteiger partial charge in [-0.05, 0) is 39.8 Å². The summed E-state index contributed by atoms with van der Waals surface area (Å²) in [6.07, 6.45) is 7.51. The number of aromatic nitrogens is 3. The summed E-state index contributed by atoms with van der Waals surface area (Å²) in [6, 6.07) is 0.666. The van der Waals surface area contributed by atoms with Crippen molar-refractivity contribution in [2.24, 2.45) is 0 Å². The number of nitrogens with zero attached hydrogens (tertiary/aromatic N) is 3. The van der Waals surface area contributed by atoms with Gasteiger partial charge < -0.3 is 9.88 Å². The lowest BCUT2D eigenvalue weighted by Gasteiger charge is -2.15. The Kier molecular flexibility index (Phi) is 3.93. The largest absolute Gasteiger partial charge is 0.320 e. The maximum absolute atomic E-state index is 4.32. The van der Waals surface area contributed by atoms with Crippen LogP contribution in [-0.4, -0.2) is 28.4 Å². The van der Waals surface area contributed by atoms with Gasteiger partial charge >= 0.3 is 0 Å². The maximum atomic E-state index is 4.32. The number of aryl methyl sites for hydroxylation is 2. The molecule has 0 amide bonds. The fourth-order valence-corrected chi connectivity index (χ4v) is 2.64. The predicted molar refractivity (Wildman–Crippen MR) is 64.5 cm³/mol. The molecule has 0 radical (unpaired) electrons. The summed E-state index contributed by atoms with van der Waals surface area (Å²) in [6.45, 7) is 3.13. The van der Waals surface area contributed by atoms with Crippen LogP contribution in [0.5, 0.6) is 0 Å². The highest BCUT2D eigenvalue weighted by Crippen LogP contribution is 2.31. The minimum absolute atomic E-state index is 0.666. The van der Waals surface area contributed by atoms with Crippen LogP contribution in [0.15, 0.2) is 0 Å². The molecule has 1 aromatic rings. The smallest absolute Gasteiger partial charge is 0.133 e. The molecular formula is C12H22N4. The molecular weight excluding hydrogens is 200 g/mol. The third-order valence-electron chi connectivity index (χ3n) is 3.45. The van der Waals surface area contributed by atoms with Gasteiger partial charge in [-0.15, -0.1) is 10.2 Å². The van der Waals surface area contributed by atoms with Crippen LogP contribution in [-0.2, 0) is 6.42 Å². The first-order chi connectivity index (χ1) is 7.83. The molecule has 0 unspecified atom stereocenters. The van der Waals surface area contributed by atoms with E-state index in [-0.39, 0.29) is 0 Å². The van der Waals surface area contributed by atoms with Gasteiger partial charge in [-0.25, -0.2) is 0 Å². The molecule has 0 aromatic carbocycles. The first kappa shape index (κ1) is 11.6. The second kappa shape index (κ2) is 5.43. The predicted octanol–water partition coefficient (Wildman–Crippen LogP) is 1.85. The van der Waals surface area contributed by atoms with Gasteiger partial charge in [-0.3, -0.25) is 0 Å². The lowest BCUT2D eigenvalue weighted by Crippen LogP contribution is -2.14. The quantitative estimate of drug-likeness (QED) is 0.773. The SMILES string of the molecule is CNCCCc1nnc(C)n1C1CCCC1. The molecule has 16 heavy (non-hydrogen) atoms. The molecule has 0 aliphatic heterocycles. The molecule has 1 aliphatic rings. The summed E-state index contributed by atoms with van der Waals surface area (Å²) >= 11 is 0. The molecule has 0 saturated heterocycles. The van der Waals surface area contributed by atoms with Crippen molar-refractivity contribution in [2.75, 3.05) is 13.6 Å². The van der Waals surface area contributed by atoms with Crippen molar-refractivity contribution in [3.05, 3.63) is 11.6 Å². The molecule has 90 valence electrons. The summed E-state index contributed by atoms with van der Waals surface area (Å²) in [5.74, 6) is 2.27. The zero-order valence-corrected chi connectivity index (χ0v) is 10.4. The van der Waals surface area contributed by atoms with Crippen molar-refractivity contribution in [3.8, 4) is 0 Å². The zero-order chi connectivity index (χ0) is 11.4. The van der Waals surface area contributed by atoms with Crippen molar-refractivity contribution in [3.63, 3.8) is 0 Å². The molecule has 1 aromatic heterocycles. The highest BCUT2D eigenvalue weighted by molar-refractivity contribution is 4.98. The van der Waals surface area contributed by atoms with E-state index in [0.717, 1.165) is 25.2 Å². The van der Waals surface area contributed by atoms with Crippen LogP contribution in [0, 0.1) is 6.92 Å². The summed E-state index contributed by atoms with van der Waals surface area (Å²) in [4.78, 5) is 0. The summed E-state index contributed by atoms with van der Waals surface area (Å²) < 4.78 is 2.38. The fourth-order valence-electron chi connectivity index (χ4n) is 2.64. The molecule has 2 rings (SSSR count). The molecule has 4 heteroatoms. The first-order valence-electron chi connectivity index (χ1n) is 6.38. The van der Waals surface area contributed by atoms with Gasteiger partial charge in [0.15, 0.2) is 0 Å². The van der Waals surface area contributed by atoms with Crippen LogP contribution in [0.4, 0.5) is 0 Å². The third kappa shape index (κ3) is 2.43. The van der Waals surface area contributed by atoms with Gasteiger partial charge in [0.05, 0.1) is 0 Å². The van der Waals surface area contributed by atoms with Gasteiger partial charge in [0.25, 0.3) is 0 Å². The van der Waals surface area contributed by atoms with Gasteiger partial charge in [-0.2, -0.15) is 0 Å². The van der Waals surface area contributed by atoms with Gasteiger partial charge in [-0.1, -0.05) is 12.8 Å². The lowest BCUT2D eigenvalue weighted by atomic mass is 10.2. The molecule has 1 saturated carbocycles. The Morgan fingerprint density at radius 2 is 2.06 bits per heavy atom. The summed E-state index contributed by atoms with van der Waals surface area (Å²) in [5, 5.41) is 11.7. The van der Waals surface area contributed by atoms with Crippen molar-refractivity contribution < 1.29 is 0 Å². The van der Waals surface area contributed by atoms with E-state index in [9.17, 15) is 0 Å². The van der Waals surface area contributed by atoms with Gasteiger partial charge in [0.1, 0.15) is 11.6 Å². The van der Waals surface area contributed by atoms with E-state index >= 15 is 0 Å². The molecule has 1 aliphatic carbocycles. The van der Waals surface area contributed by atoms with E-state index in [0.29, 0.717) is 6.04 Å². The van der Waals surface area contributed by atoms with Crippen LogP contribution in [0.2, 0.25) is 0 Å². The molecule has 4 nitrogen and oxygen atoms in total. The van der Waals surface area contributed by atoms with Crippen LogP contribution in [0.1, 0.15) is 49.8 Å². The van der Waals surface area contributed by atoms with E-state index in [4.69, 9.17) is 0 Å². The van der Waals surface area contributed by atoms with Crippen LogP contribution >= 0.6 is 0 Å². The second-order valence-electron chi connectivity index (χ2n) is 4.68. The van der Waals surface area contributed by atoms with Crippen molar-refractivity contribution >= 4 is 0 Å². The average molecular weight is 222 g/mol. The first-order valence-corrected chi connectivity index (χ1v) is 6.38. The Hall–Kier alpha value is -0.900. The maximum Gasteiger partial charge on any atom is 0.133 e. The lowest BCUT2D eigenvalue weighted by molar-refractivity contribution is 0.482. The molecule has 1 heterocycles. The fraction of sp³-hybridized carbons (Fsp3) is 0.833. The molecule has 1 N–H and O–H groups in total. The minimum Gasteiger partial charge on any atom is -0.320 e. The normalized spacial score (nSPS) is 17.1. The number of hydrogen-bond donors (Lipinski definition) is 1. The van der Waals surface area contributed by atoms with Crippen molar-refractivity contribution in [2.45, 2.75) is 51.5 Å². The standard InChI is InChI=1S/C12H22N4/c1-10-14-15-12(8-5-9-13-2)16(10)11-6-3-4-7-11/h11,13H,3-9H2,1-2H3. The Morgan fingerprint density at radius 1 is 1.31 bits per heavy atom. The van der Waals surface area contributed by atoms with E-state index in [2.05, 4.69) is 27.0 Å². The van der Waals surface area contributed by atoms with Crippen LogP contribution in [0.25, 0.3) is 0 Å². The third-order valence-corrected chi connectivity index (χ3v) is 3.45. The minimum atomic E-state index is 0.666. The van der Waals surface area contributed by atoms with Gasteiger partial charge in [0, 0.05) is 12.5 Å². The highest BCUT2D eigenvalue weighted by atomic mass is 15.3. The van der Waals surface area contributed by atoms with Crippen LogP contribution in [0.3, 0.4) is 0 Å². The Balaban J connectivity index is 2.05. The summed E-state index contributed by atoms with van der Waals surface area (Å²) in [7, 11) is 1.99. The molecule has 0 bridgehead atoms. The second-order valence-corrected chi connectivity index (χ2v) is 4.68. The average Bonchev–Trinajstić information content (AvgIpc) is 2.88. The van der Waals surface area contributed by atoms with E-state index in [1.807, 2.05) is 7.05 Å². The Morgan fingerprint density at radius 3 is 2.75 bits per heavy atom.